The highest BCUT2D eigenvalue weighted by molar-refractivity contribution is 5.69. The predicted molar refractivity (Wildman–Crippen MR) is 181 cm³/mol. The molecule has 0 bridgehead atoms. The zero-order valence-corrected chi connectivity index (χ0v) is 27.8. The highest BCUT2D eigenvalue weighted by Crippen LogP contribution is 2.15. The molecule has 42 heavy (non-hydrogen) atoms. The van der Waals surface area contributed by atoms with E-state index in [0.717, 1.165) is 64.2 Å². The summed E-state index contributed by atoms with van der Waals surface area (Å²) in [4.78, 5) is 23.2. The van der Waals surface area contributed by atoms with E-state index in [0.29, 0.717) is 6.42 Å². The molecule has 0 aliphatic heterocycles. The summed E-state index contributed by atoms with van der Waals surface area (Å²) in [6, 6.07) is 0. The van der Waals surface area contributed by atoms with Gasteiger partial charge in [-0.05, 0) is 70.3 Å². The topological polar surface area (TPSA) is 63.6 Å². The molecule has 1 N–H and O–H groups in total. The van der Waals surface area contributed by atoms with Gasteiger partial charge in [-0.1, -0.05) is 141 Å². The van der Waals surface area contributed by atoms with Gasteiger partial charge in [-0.3, -0.25) is 9.59 Å². The fourth-order valence-electron chi connectivity index (χ4n) is 5.13. The Morgan fingerprint density at radius 2 is 1.05 bits per heavy atom. The summed E-state index contributed by atoms with van der Waals surface area (Å²) in [6.07, 6.45) is 43.3. The molecular weight excluding hydrogens is 520 g/mol. The molecule has 1 unspecified atom stereocenters. The summed E-state index contributed by atoms with van der Waals surface area (Å²) in [6.45, 7) is 4.45. The van der Waals surface area contributed by atoms with Crippen molar-refractivity contribution in [2.24, 2.45) is 0 Å². The van der Waals surface area contributed by atoms with E-state index in [-0.39, 0.29) is 18.5 Å². The largest absolute Gasteiger partial charge is 0.481 e. The van der Waals surface area contributed by atoms with Gasteiger partial charge in [0, 0.05) is 12.8 Å². The Balaban J connectivity index is 3.85. The minimum atomic E-state index is -0.728. The molecule has 0 aromatic carbocycles. The summed E-state index contributed by atoms with van der Waals surface area (Å²) < 4.78 is 5.81. The molecule has 0 rings (SSSR count). The third-order valence-corrected chi connectivity index (χ3v) is 7.80. The molecule has 0 aromatic heterocycles. The molecule has 244 valence electrons. The maximum atomic E-state index is 12.5. The van der Waals surface area contributed by atoms with Crippen molar-refractivity contribution in [3.63, 3.8) is 0 Å². The average molecular weight is 589 g/mol. The lowest BCUT2D eigenvalue weighted by atomic mass is 10.1. The summed E-state index contributed by atoms with van der Waals surface area (Å²) in [5, 5.41) is 8.78. The van der Waals surface area contributed by atoms with Crippen molar-refractivity contribution >= 4 is 11.9 Å². The predicted octanol–water partition coefficient (Wildman–Crippen LogP) is 12.2. The fourth-order valence-corrected chi connectivity index (χ4v) is 5.13. The Kier molecular flexibility index (Phi) is 32.2. The number of ether oxygens (including phenoxy) is 1. The van der Waals surface area contributed by atoms with Crippen LogP contribution in [-0.4, -0.2) is 23.1 Å². The zero-order valence-electron chi connectivity index (χ0n) is 27.8. The molecule has 0 aromatic rings. The number of aliphatic carboxylic acids is 1. The maximum Gasteiger partial charge on any atom is 0.306 e. The average Bonchev–Trinajstić information content (AvgIpc) is 2.97. The van der Waals surface area contributed by atoms with Crippen molar-refractivity contribution in [3.8, 4) is 0 Å². The first-order valence-corrected chi connectivity index (χ1v) is 18.0. The lowest BCUT2D eigenvalue weighted by molar-refractivity contribution is -0.147. The van der Waals surface area contributed by atoms with Crippen LogP contribution in [0.3, 0.4) is 0 Å². The molecular formula is C38H68O4. The van der Waals surface area contributed by atoms with Gasteiger partial charge in [0.25, 0.3) is 0 Å². The van der Waals surface area contributed by atoms with E-state index < -0.39 is 5.97 Å². The second-order valence-electron chi connectivity index (χ2n) is 12.0. The van der Waals surface area contributed by atoms with Crippen molar-refractivity contribution in [1.29, 1.82) is 0 Å². The quantitative estimate of drug-likeness (QED) is 0.0482. The van der Waals surface area contributed by atoms with Crippen LogP contribution in [0.2, 0.25) is 0 Å². The van der Waals surface area contributed by atoms with Crippen molar-refractivity contribution < 1.29 is 19.4 Å². The van der Waals surface area contributed by atoms with Crippen LogP contribution in [0.15, 0.2) is 36.5 Å². The van der Waals surface area contributed by atoms with Gasteiger partial charge < -0.3 is 9.84 Å². The van der Waals surface area contributed by atoms with Gasteiger partial charge >= 0.3 is 11.9 Å². The van der Waals surface area contributed by atoms with Crippen molar-refractivity contribution in [3.05, 3.63) is 36.5 Å². The number of allylic oxidation sites excluding steroid dienone is 5. The monoisotopic (exact) mass is 589 g/mol. The number of carboxylic acid groups (broad SMARTS) is 1. The Morgan fingerprint density at radius 3 is 1.62 bits per heavy atom. The molecule has 0 aliphatic rings. The Bertz CT molecular complexity index is 679. The first kappa shape index (κ1) is 40.2. The Labute approximate surface area is 260 Å². The normalized spacial score (nSPS) is 12.6. The van der Waals surface area contributed by atoms with Crippen LogP contribution in [-0.2, 0) is 14.3 Å². The molecule has 0 heterocycles. The first-order chi connectivity index (χ1) is 20.6. The molecule has 0 spiro atoms. The summed E-state index contributed by atoms with van der Waals surface area (Å²) in [5.41, 5.74) is 0. The van der Waals surface area contributed by atoms with Gasteiger partial charge in [-0.15, -0.1) is 0 Å². The smallest absolute Gasteiger partial charge is 0.306 e. The van der Waals surface area contributed by atoms with Gasteiger partial charge in [0.05, 0.1) is 0 Å². The number of carbonyl (C=O) groups is 2. The van der Waals surface area contributed by atoms with Crippen LogP contribution in [0, 0.1) is 0 Å². The molecule has 4 heteroatoms. The molecule has 4 nitrogen and oxygen atoms in total. The molecule has 1 atom stereocenters. The molecule has 0 saturated carbocycles. The van der Waals surface area contributed by atoms with E-state index in [1.165, 1.54) is 96.3 Å². The van der Waals surface area contributed by atoms with Crippen LogP contribution in [0.4, 0.5) is 0 Å². The third kappa shape index (κ3) is 32.7. The van der Waals surface area contributed by atoms with E-state index in [2.05, 4.69) is 44.2 Å². The lowest BCUT2D eigenvalue weighted by Gasteiger charge is -2.14. The van der Waals surface area contributed by atoms with Gasteiger partial charge in [0.1, 0.15) is 6.10 Å². The molecule has 0 fully saturated rings. The lowest BCUT2D eigenvalue weighted by Crippen LogP contribution is -2.16. The third-order valence-electron chi connectivity index (χ3n) is 7.80. The van der Waals surface area contributed by atoms with Crippen LogP contribution < -0.4 is 0 Å². The van der Waals surface area contributed by atoms with Crippen molar-refractivity contribution in [2.75, 3.05) is 0 Å². The number of hydrogen-bond acceptors (Lipinski definition) is 3. The van der Waals surface area contributed by atoms with E-state index >= 15 is 0 Å². The van der Waals surface area contributed by atoms with Crippen LogP contribution in [0.5, 0.6) is 0 Å². The second kappa shape index (κ2) is 33.7. The van der Waals surface area contributed by atoms with Crippen LogP contribution in [0.1, 0.15) is 187 Å². The SMILES string of the molecule is CCC/C=C\C/C=C\C(CCCCCCC(=O)O)OC(=O)CCCCCCCCCCC/C=C\CCCCCCCC. The Hall–Kier alpha value is -1.84. The number of carbonyl (C=O) groups excluding carboxylic acids is 1. The number of rotatable bonds is 32. The van der Waals surface area contributed by atoms with Crippen LogP contribution >= 0.6 is 0 Å². The van der Waals surface area contributed by atoms with E-state index in [1.54, 1.807) is 0 Å². The Morgan fingerprint density at radius 1 is 0.548 bits per heavy atom. The minimum Gasteiger partial charge on any atom is -0.481 e. The number of unbranched alkanes of at least 4 members (excludes halogenated alkanes) is 19. The van der Waals surface area contributed by atoms with Gasteiger partial charge in [-0.25, -0.2) is 0 Å². The van der Waals surface area contributed by atoms with Crippen LogP contribution in [0.25, 0.3) is 0 Å². The minimum absolute atomic E-state index is 0.0851. The second-order valence-corrected chi connectivity index (χ2v) is 12.0. The standard InChI is InChI=1S/C38H68O4/c1-3-5-7-9-11-12-13-14-15-16-17-18-19-20-21-22-23-25-31-35-38(41)42-36(32-28-24-10-8-6-4-2)33-29-26-27-30-34-37(39)40/h8,10,14-15,28,32,36H,3-7,9,11-13,16-27,29-31,33-35H2,1-2H3,(H,39,40)/b10-8-,15-14-,32-28-. The summed E-state index contributed by atoms with van der Waals surface area (Å²) in [7, 11) is 0. The fraction of sp³-hybridized carbons (Fsp3) is 0.789. The van der Waals surface area contributed by atoms with E-state index in [1.807, 2.05) is 6.08 Å². The van der Waals surface area contributed by atoms with Crippen molar-refractivity contribution in [1.82, 2.24) is 0 Å². The maximum absolute atomic E-state index is 12.5. The molecule has 0 amide bonds. The molecule has 0 radical (unpaired) electrons. The summed E-state index contributed by atoms with van der Waals surface area (Å²) >= 11 is 0. The molecule has 0 saturated heterocycles. The zero-order chi connectivity index (χ0) is 30.8. The highest BCUT2D eigenvalue weighted by Gasteiger charge is 2.11. The number of esters is 1. The highest BCUT2D eigenvalue weighted by atomic mass is 16.5. The van der Waals surface area contributed by atoms with Gasteiger partial charge in [-0.2, -0.15) is 0 Å². The molecule has 0 aliphatic carbocycles. The summed E-state index contributed by atoms with van der Waals surface area (Å²) in [5.74, 6) is -0.813. The van der Waals surface area contributed by atoms with Gasteiger partial charge in [0.15, 0.2) is 0 Å². The van der Waals surface area contributed by atoms with Crippen molar-refractivity contribution in [2.45, 2.75) is 193 Å². The first-order valence-electron chi connectivity index (χ1n) is 18.0. The number of hydrogen-bond donors (Lipinski definition) is 1. The van der Waals surface area contributed by atoms with E-state index in [9.17, 15) is 9.59 Å². The van der Waals surface area contributed by atoms with Gasteiger partial charge in [0.2, 0.25) is 0 Å². The van der Waals surface area contributed by atoms with E-state index in [4.69, 9.17) is 9.84 Å². The number of carboxylic acids is 1.